The summed E-state index contributed by atoms with van der Waals surface area (Å²) in [7, 11) is 0. The minimum atomic E-state index is -2.21. The third kappa shape index (κ3) is 6.75. The molecule has 0 aromatic heterocycles. The van der Waals surface area contributed by atoms with E-state index in [1.54, 1.807) is 12.1 Å². The zero-order valence-corrected chi connectivity index (χ0v) is 18.6. The summed E-state index contributed by atoms with van der Waals surface area (Å²) in [6.07, 6.45) is 0.451. The number of halogens is 1. The first kappa shape index (κ1) is 25.8. The summed E-state index contributed by atoms with van der Waals surface area (Å²) in [5.41, 5.74) is 8.28. The Bertz CT molecular complexity index is 1060. The Morgan fingerprint density at radius 2 is 1.85 bits per heavy atom. The molecule has 0 spiro atoms. The van der Waals surface area contributed by atoms with Crippen LogP contribution in [0, 0.1) is 0 Å². The lowest BCUT2D eigenvalue weighted by atomic mass is 9.91. The van der Waals surface area contributed by atoms with Gasteiger partial charge in [-0.25, -0.2) is 10.2 Å². The number of carboxylic acids is 1. The van der Waals surface area contributed by atoms with Crippen LogP contribution in [-0.4, -0.2) is 45.9 Å². The molecule has 0 fully saturated rings. The fourth-order valence-electron chi connectivity index (χ4n) is 2.79. The van der Waals surface area contributed by atoms with Crippen molar-refractivity contribution in [1.82, 2.24) is 16.2 Å². The number of Topliss-reactive ketones (excluding diaryl/α,β-unsaturated/α-hetero) is 1. The topological polar surface area (TPSA) is 171 Å². The highest BCUT2D eigenvalue weighted by atomic mass is 35.5. The van der Waals surface area contributed by atoms with Crippen molar-refractivity contribution in [2.45, 2.75) is 31.8 Å². The van der Waals surface area contributed by atoms with E-state index in [9.17, 15) is 29.4 Å². The number of hydrogen-bond acceptors (Lipinski definition) is 7. The Balaban J connectivity index is 2.13. The van der Waals surface area contributed by atoms with Crippen molar-refractivity contribution in [2.24, 2.45) is 5.73 Å². The number of phenolic OH excluding ortho intramolecular Hbond substituents is 1. The van der Waals surface area contributed by atoms with Crippen molar-refractivity contribution in [1.29, 1.82) is 0 Å². The van der Waals surface area contributed by atoms with Gasteiger partial charge in [0.1, 0.15) is 5.75 Å². The second-order valence-corrected chi connectivity index (χ2v) is 7.78. The monoisotopic (exact) mass is 476 g/mol. The maximum Gasteiger partial charge on any atom is 0.333 e. The number of rotatable bonds is 11. The van der Waals surface area contributed by atoms with Crippen molar-refractivity contribution in [3.05, 3.63) is 64.2 Å². The summed E-state index contributed by atoms with van der Waals surface area (Å²) in [6, 6.07) is 10.2. The molecule has 0 unspecified atom stereocenters. The summed E-state index contributed by atoms with van der Waals surface area (Å²) in [5.74, 6) is -3.38. The number of hydrogen-bond donors (Lipinski definition) is 6. The van der Waals surface area contributed by atoms with E-state index < -0.39 is 29.1 Å². The van der Waals surface area contributed by atoms with Crippen LogP contribution in [-0.2, 0) is 16.1 Å². The van der Waals surface area contributed by atoms with Crippen molar-refractivity contribution in [3.63, 3.8) is 0 Å². The Kier molecular flexibility index (Phi) is 8.92. The van der Waals surface area contributed by atoms with E-state index in [0.717, 1.165) is 6.92 Å². The number of phenols is 1. The first-order chi connectivity index (χ1) is 15.6. The first-order valence-corrected chi connectivity index (χ1v) is 10.4. The van der Waals surface area contributed by atoms with Crippen molar-refractivity contribution in [3.8, 4) is 5.75 Å². The van der Waals surface area contributed by atoms with Gasteiger partial charge < -0.3 is 21.3 Å². The molecule has 11 heteroatoms. The Morgan fingerprint density at radius 1 is 1.12 bits per heavy atom. The molecule has 1 atom stereocenters. The molecule has 0 aliphatic heterocycles. The third-order valence-corrected chi connectivity index (χ3v) is 5.09. The molecule has 33 heavy (non-hydrogen) atoms. The highest BCUT2D eigenvalue weighted by Gasteiger charge is 2.43. The van der Waals surface area contributed by atoms with Gasteiger partial charge in [0.15, 0.2) is 11.3 Å². The Labute approximate surface area is 195 Å². The fourth-order valence-corrected chi connectivity index (χ4v) is 3.05. The molecular formula is C22H25ClN4O6. The second-order valence-electron chi connectivity index (χ2n) is 7.37. The fraction of sp³-hybridized carbons (Fsp3) is 0.273. The second kappa shape index (κ2) is 11.4. The van der Waals surface area contributed by atoms with Crippen LogP contribution < -0.4 is 21.9 Å². The Hall–Kier alpha value is -3.47. The van der Waals surface area contributed by atoms with Crippen LogP contribution in [0.15, 0.2) is 42.5 Å². The average molecular weight is 477 g/mol. The molecular weight excluding hydrogens is 452 g/mol. The molecule has 0 saturated heterocycles. The standard InChI is InChI=1S/C22H25ClN4O6/c1-22(21(32)33,27-26-18(29)6-3-9-24)19(30)16-8-7-14(11-17(16)23)20(31)25-12-13-4-2-5-15(28)10-13/h2,4-5,7-8,10-11,27-28H,3,6,9,12,24H2,1H3,(H,25,31)(H,26,29)(H,32,33)/t22-/m1/s1. The summed E-state index contributed by atoms with van der Waals surface area (Å²) in [6.45, 7) is 1.52. The number of amides is 2. The molecule has 0 aliphatic rings. The SMILES string of the molecule is C[C@](NNC(=O)CCCN)(C(=O)O)C(=O)c1ccc(C(=O)NCc2cccc(O)c2)cc1Cl. The molecule has 0 bridgehead atoms. The van der Waals surface area contributed by atoms with Gasteiger partial charge >= 0.3 is 5.97 Å². The van der Waals surface area contributed by atoms with Crippen LogP contribution in [0.4, 0.5) is 0 Å². The van der Waals surface area contributed by atoms with Gasteiger partial charge in [0.25, 0.3) is 5.91 Å². The highest BCUT2D eigenvalue weighted by molar-refractivity contribution is 6.35. The van der Waals surface area contributed by atoms with Crippen molar-refractivity contribution in [2.75, 3.05) is 6.54 Å². The number of carbonyl (C=O) groups is 4. The highest BCUT2D eigenvalue weighted by Crippen LogP contribution is 2.23. The number of hydrazine groups is 1. The van der Waals surface area contributed by atoms with Gasteiger partial charge in [-0.2, -0.15) is 0 Å². The van der Waals surface area contributed by atoms with Gasteiger partial charge in [-0.05, 0) is 55.8 Å². The quantitative estimate of drug-likeness (QED) is 0.160. The zero-order chi connectivity index (χ0) is 24.6. The molecule has 2 amide bonds. The largest absolute Gasteiger partial charge is 0.508 e. The predicted molar refractivity (Wildman–Crippen MR) is 121 cm³/mol. The van der Waals surface area contributed by atoms with Gasteiger partial charge in [0, 0.05) is 24.1 Å². The number of aromatic hydroxyl groups is 1. The number of nitrogens with two attached hydrogens (primary N) is 1. The molecule has 2 aromatic rings. The molecule has 0 saturated carbocycles. The lowest BCUT2D eigenvalue weighted by Gasteiger charge is -2.25. The van der Waals surface area contributed by atoms with E-state index in [1.165, 1.54) is 30.3 Å². The van der Waals surface area contributed by atoms with Crippen LogP contribution in [0.1, 0.15) is 46.0 Å². The molecule has 10 nitrogen and oxygen atoms in total. The lowest BCUT2D eigenvalue weighted by Crippen LogP contribution is -2.61. The van der Waals surface area contributed by atoms with Gasteiger partial charge in [-0.1, -0.05) is 23.7 Å². The minimum Gasteiger partial charge on any atom is -0.508 e. The number of aliphatic carboxylic acids is 1. The molecule has 2 aromatic carbocycles. The van der Waals surface area contributed by atoms with Crippen molar-refractivity contribution < 1.29 is 29.4 Å². The van der Waals surface area contributed by atoms with Crippen LogP contribution >= 0.6 is 11.6 Å². The summed E-state index contributed by atoms with van der Waals surface area (Å²) in [4.78, 5) is 49.0. The van der Waals surface area contributed by atoms with Crippen molar-refractivity contribution >= 4 is 35.2 Å². The minimum absolute atomic E-state index is 0.0561. The first-order valence-electron chi connectivity index (χ1n) is 9.98. The van der Waals surface area contributed by atoms with Gasteiger partial charge in [0.05, 0.1) is 5.02 Å². The van der Waals surface area contributed by atoms with Gasteiger partial charge in [-0.15, -0.1) is 0 Å². The summed E-state index contributed by atoms with van der Waals surface area (Å²) in [5, 5.41) is 21.6. The number of ketones is 1. The summed E-state index contributed by atoms with van der Waals surface area (Å²) < 4.78 is 0. The molecule has 0 aliphatic carbocycles. The Morgan fingerprint density at radius 3 is 2.45 bits per heavy atom. The van der Waals surface area contributed by atoms with Crippen LogP contribution in [0.3, 0.4) is 0 Å². The van der Waals surface area contributed by atoms with E-state index in [4.69, 9.17) is 17.3 Å². The maximum absolute atomic E-state index is 13.0. The average Bonchev–Trinajstić information content (AvgIpc) is 2.78. The molecule has 0 heterocycles. The number of benzene rings is 2. The van der Waals surface area contributed by atoms with Crippen LogP contribution in [0.5, 0.6) is 5.75 Å². The molecule has 2 rings (SSSR count). The van der Waals surface area contributed by atoms with Gasteiger partial charge in [-0.3, -0.25) is 19.8 Å². The van der Waals surface area contributed by atoms with Crippen LogP contribution in [0.25, 0.3) is 0 Å². The lowest BCUT2D eigenvalue weighted by molar-refractivity contribution is -0.142. The smallest absolute Gasteiger partial charge is 0.333 e. The predicted octanol–water partition coefficient (Wildman–Crippen LogP) is 1.36. The third-order valence-electron chi connectivity index (χ3n) is 4.78. The van der Waals surface area contributed by atoms with E-state index in [0.29, 0.717) is 12.0 Å². The molecule has 0 radical (unpaired) electrons. The number of carbonyl (C=O) groups excluding carboxylic acids is 3. The molecule has 176 valence electrons. The number of carboxylic acid groups (broad SMARTS) is 1. The van der Waals surface area contributed by atoms with Gasteiger partial charge in [0.2, 0.25) is 5.91 Å². The van der Waals surface area contributed by atoms with E-state index in [2.05, 4.69) is 16.2 Å². The molecule has 7 N–H and O–H groups in total. The van der Waals surface area contributed by atoms with Crippen LogP contribution in [0.2, 0.25) is 5.02 Å². The normalized spacial score (nSPS) is 12.5. The van der Waals surface area contributed by atoms with E-state index >= 15 is 0 Å². The number of nitrogens with one attached hydrogen (secondary N) is 3. The summed E-state index contributed by atoms with van der Waals surface area (Å²) >= 11 is 6.19. The van der Waals surface area contributed by atoms with E-state index in [-0.39, 0.29) is 41.4 Å². The zero-order valence-electron chi connectivity index (χ0n) is 17.9. The van der Waals surface area contributed by atoms with E-state index in [1.807, 2.05) is 0 Å². The maximum atomic E-state index is 13.0.